The van der Waals surface area contributed by atoms with E-state index in [2.05, 4.69) is 30.8 Å². The Balaban J connectivity index is 1.30. The number of likely N-dealkylation sites (tertiary alicyclic amines) is 1. The van der Waals surface area contributed by atoms with Crippen LogP contribution in [-0.4, -0.2) is 61.8 Å². The van der Waals surface area contributed by atoms with Crippen LogP contribution in [0.1, 0.15) is 44.0 Å². The van der Waals surface area contributed by atoms with Crippen molar-refractivity contribution >= 4 is 35.2 Å². The average molecular weight is 498 g/mol. The monoisotopic (exact) mass is 497 g/mol. The predicted molar refractivity (Wildman–Crippen MR) is 133 cm³/mol. The first kappa shape index (κ1) is 24.5. The minimum atomic E-state index is -0.581. The van der Waals surface area contributed by atoms with Crippen molar-refractivity contribution < 1.29 is 14.3 Å². The first-order valence-corrected chi connectivity index (χ1v) is 11.7. The van der Waals surface area contributed by atoms with Crippen LogP contribution in [0.4, 0.5) is 16.4 Å². The van der Waals surface area contributed by atoms with Gasteiger partial charge in [-0.2, -0.15) is 5.10 Å². The Kier molecular flexibility index (Phi) is 7.20. The van der Waals surface area contributed by atoms with Crippen molar-refractivity contribution in [1.82, 2.24) is 25.1 Å². The van der Waals surface area contributed by atoms with Crippen molar-refractivity contribution in [3.05, 3.63) is 53.3 Å². The molecule has 3 heterocycles. The van der Waals surface area contributed by atoms with Crippen molar-refractivity contribution in [3.8, 4) is 11.4 Å². The van der Waals surface area contributed by atoms with Gasteiger partial charge >= 0.3 is 6.09 Å². The van der Waals surface area contributed by atoms with Gasteiger partial charge in [0.25, 0.3) is 5.91 Å². The van der Waals surface area contributed by atoms with Gasteiger partial charge in [0.05, 0.1) is 11.2 Å². The Morgan fingerprint density at radius 3 is 2.49 bits per heavy atom. The normalized spacial score (nSPS) is 14.5. The highest BCUT2D eigenvalue weighted by molar-refractivity contribution is 6.32. The van der Waals surface area contributed by atoms with Gasteiger partial charge in [-0.3, -0.25) is 15.2 Å². The fraction of sp³-hybridized carbons (Fsp3) is 0.375. The molecule has 1 aliphatic rings. The standard InChI is InChI=1S/C24H28ClN7O3/c1-24(2,3)35-23(34)29-16-6-4-15(5-7-16)21(33)32-12-9-17(10-13-32)28-22-26-14-18(25)20(30-22)19-8-11-27-31-19/h4-8,11,14,17H,9-10,12-13H2,1-3H3,(H,27,31)(H,29,34)(H,26,28,30). The maximum absolute atomic E-state index is 12.9. The number of amides is 2. The van der Waals surface area contributed by atoms with Crippen LogP contribution >= 0.6 is 11.6 Å². The third-order valence-corrected chi connectivity index (χ3v) is 5.66. The number of nitrogens with one attached hydrogen (secondary N) is 3. The highest BCUT2D eigenvalue weighted by Gasteiger charge is 2.24. The van der Waals surface area contributed by atoms with E-state index in [9.17, 15) is 9.59 Å². The number of hydrogen-bond acceptors (Lipinski definition) is 7. The lowest BCUT2D eigenvalue weighted by Crippen LogP contribution is -2.42. The number of nitrogens with zero attached hydrogens (tertiary/aromatic N) is 4. The maximum atomic E-state index is 12.9. The van der Waals surface area contributed by atoms with Crippen molar-refractivity contribution in [2.75, 3.05) is 23.7 Å². The Morgan fingerprint density at radius 1 is 1.14 bits per heavy atom. The lowest BCUT2D eigenvalue weighted by molar-refractivity contribution is 0.0635. The Hall–Kier alpha value is -3.66. The molecule has 35 heavy (non-hydrogen) atoms. The summed E-state index contributed by atoms with van der Waals surface area (Å²) in [5.74, 6) is 0.432. The number of H-pyrrole nitrogens is 1. The summed E-state index contributed by atoms with van der Waals surface area (Å²) in [6.45, 7) is 6.61. The van der Waals surface area contributed by atoms with Gasteiger partial charge in [0.1, 0.15) is 17.0 Å². The van der Waals surface area contributed by atoms with E-state index in [1.54, 1.807) is 63.5 Å². The van der Waals surface area contributed by atoms with E-state index in [-0.39, 0.29) is 11.9 Å². The molecule has 0 radical (unpaired) electrons. The van der Waals surface area contributed by atoms with E-state index in [0.717, 1.165) is 12.8 Å². The summed E-state index contributed by atoms with van der Waals surface area (Å²) in [6.07, 6.45) is 4.24. The van der Waals surface area contributed by atoms with Gasteiger partial charge < -0.3 is 15.0 Å². The van der Waals surface area contributed by atoms with Crippen LogP contribution in [0.5, 0.6) is 0 Å². The van der Waals surface area contributed by atoms with Gasteiger partial charge in [-0.1, -0.05) is 11.6 Å². The molecule has 1 fully saturated rings. The molecular formula is C24H28ClN7O3. The smallest absolute Gasteiger partial charge is 0.412 e. The van der Waals surface area contributed by atoms with Crippen LogP contribution in [0.2, 0.25) is 5.02 Å². The van der Waals surface area contributed by atoms with E-state index >= 15 is 0 Å². The lowest BCUT2D eigenvalue weighted by atomic mass is 10.0. The summed E-state index contributed by atoms with van der Waals surface area (Å²) in [5.41, 5.74) is 1.75. The van der Waals surface area contributed by atoms with E-state index in [1.807, 2.05) is 4.90 Å². The number of aromatic nitrogens is 4. The molecule has 3 N–H and O–H groups in total. The fourth-order valence-corrected chi connectivity index (χ4v) is 3.91. The molecule has 0 atom stereocenters. The quantitative estimate of drug-likeness (QED) is 0.471. The summed E-state index contributed by atoms with van der Waals surface area (Å²) >= 11 is 6.22. The zero-order chi connectivity index (χ0) is 25.0. The molecule has 0 spiro atoms. The highest BCUT2D eigenvalue weighted by Crippen LogP contribution is 2.25. The summed E-state index contributed by atoms with van der Waals surface area (Å²) in [7, 11) is 0. The highest BCUT2D eigenvalue weighted by atomic mass is 35.5. The summed E-state index contributed by atoms with van der Waals surface area (Å²) in [6, 6.07) is 8.73. The molecular weight excluding hydrogens is 470 g/mol. The second-order valence-electron chi connectivity index (χ2n) is 9.26. The SMILES string of the molecule is CC(C)(C)OC(=O)Nc1ccc(C(=O)N2CCC(Nc3ncc(Cl)c(-c4cc[nH]n4)n3)CC2)cc1. The Labute approximate surface area is 208 Å². The summed E-state index contributed by atoms with van der Waals surface area (Å²) in [4.78, 5) is 35.5. The number of carbonyl (C=O) groups is 2. The van der Waals surface area contributed by atoms with Crippen LogP contribution in [-0.2, 0) is 4.74 Å². The van der Waals surface area contributed by atoms with Crippen molar-refractivity contribution in [3.63, 3.8) is 0 Å². The molecule has 2 aromatic heterocycles. The first-order valence-electron chi connectivity index (χ1n) is 11.4. The minimum Gasteiger partial charge on any atom is -0.444 e. The summed E-state index contributed by atoms with van der Waals surface area (Å²) in [5, 5.41) is 13.3. The molecule has 4 rings (SSSR count). The lowest BCUT2D eigenvalue weighted by Gasteiger charge is -2.32. The first-order chi connectivity index (χ1) is 16.7. The Bertz CT molecular complexity index is 1170. The molecule has 11 heteroatoms. The van der Waals surface area contributed by atoms with Crippen LogP contribution in [0.3, 0.4) is 0 Å². The van der Waals surface area contributed by atoms with Gasteiger partial charge in [-0.25, -0.2) is 14.8 Å². The van der Waals surface area contributed by atoms with E-state index in [4.69, 9.17) is 16.3 Å². The van der Waals surface area contributed by atoms with Gasteiger partial charge in [-0.15, -0.1) is 0 Å². The molecule has 184 valence electrons. The van der Waals surface area contributed by atoms with Gasteiger partial charge in [0.2, 0.25) is 5.95 Å². The van der Waals surface area contributed by atoms with Crippen LogP contribution in [0, 0.1) is 0 Å². The molecule has 1 saturated heterocycles. The van der Waals surface area contributed by atoms with Crippen molar-refractivity contribution in [1.29, 1.82) is 0 Å². The molecule has 0 aliphatic carbocycles. The molecule has 1 aliphatic heterocycles. The number of piperidine rings is 1. The van der Waals surface area contributed by atoms with Crippen LogP contribution in [0.25, 0.3) is 11.4 Å². The molecule has 0 saturated carbocycles. The third kappa shape index (κ3) is 6.48. The molecule has 1 aromatic carbocycles. The summed E-state index contributed by atoms with van der Waals surface area (Å²) < 4.78 is 5.25. The second-order valence-corrected chi connectivity index (χ2v) is 9.67. The molecule has 0 bridgehead atoms. The molecule has 10 nitrogen and oxygen atoms in total. The Morgan fingerprint density at radius 2 is 1.86 bits per heavy atom. The number of halogens is 1. The van der Waals surface area contributed by atoms with E-state index in [1.165, 1.54) is 0 Å². The number of hydrogen-bond donors (Lipinski definition) is 3. The predicted octanol–water partition coefficient (Wildman–Crippen LogP) is 4.58. The van der Waals surface area contributed by atoms with Gasteiger partial charge in [-0.05, 0) is 63.9 Å². The minimum absolute atomic E-state index is 0.0455. The average Bonchev–Trinajstić information content (AvgIpc) is 3.34. The number of carbonyl (C=O) groups excluding carboxylic acids is 2. The van der Waals surface area contributed by atoms with Crippen molar-refractivity contribution in [2.24, 2.45) is 0 Å². The number of ether oxygens (including phenoxy) is 1. The van der Waals surface area contributed by atoms with Crippen molar-refractivity contribution in [2.45, 2.75) is 45.3 Å². The van der Waals surface area contributed by atoms with E-state index < -0.39 is 11.7 Å². The fourth-order valence-electron chi connectivity index (χ4n) is 3.72. The zero-order valence-electron chi connectivity index (χ0n) is 19.8. The topological polar surface area (TPSA) is 125 Å². The van der Waals surface area contributed by atoms with Crippen LogP contribution in [0.15, 0.2) is 42.7 Å². The molecule has 2 amide bonds. The molecule has 0 unspecified atom stereocenters. The zero-order valence-corrected chi connectivity index (χ0v) is 20.6. The number of anilines is 2. The number of rotatable bonds is 5. The van der Waals surface area contributed by atoms with E-state index in [0.29, 0.717) is 46.7 Å². The largest absolute Gasteiger partial charge is 0.444 e. The van der Waals surface area contributed by atoms with Gasteiger partial charge in [0.15, 0.2) is 0 Å². The maximum Gasteiger partial charge on any atom is 0.412 e. The number of aromatic amines is 1. The van der Waals surface area contributed by atoms with Gasteiger partial charge in [0, 0.05) is 36.6 Å². The second kappa shape index (κ2) is 10.3. The third-order valence-electron chi connectivity index (χ3n) is 5.38. The number of benzene rings is 1. The van der Waals surface area contributed by atoms with Crippen LogP contribution < -0.4 is 10.6 Å². The molecule has 3 aromatic rings.